The van der Waals surface area contributed by atoms with Crippen LogP contribution in [0.1, 0.15) is 115 Å². The maximum absolute atomic E-state index is 14.9. The lowest BCUT2D eigenvalue weighted by molar-refractivity contribution is -0.144. The molecule has 548 valence electrons. The lowest BCUT2D eigenvalue weighted by Gasteiger charge is -2.31. The number of aliphatic hydroxyl groups excluding tert-OH is 1. The van der Waals surface area contributed by atoms with Gasteiger partial charge in [0.05, 0.1) is 19.8 Å². The number of unbranched alkanes of at least 4 members (excludes halogenated alkanes) is 1. The number of nitrogens with zero attached hydrogens (tertiary/aromatic N) is 3. The highest BCUT2D eigenvalue weighted by atomic mass is 16.5. The maximum atomic E-state index is 14.9. The summed E-state index contributed by atoms with van der Waals surface area (Å²) in [6, 6.07) is 9.43. The Morgan fingerprint density at radius 1 is 0.584 bits per heavy atom. The molecular formula is C71H98N14O16. The van der Waals surface area contributed by atoms with E-state index in [0.29, 0.717) is 50.3 Å². The molecule has 0 spiro atoms. The lowest BCUT2D eigenvalue weighted by Crippen LogP contribution is -2.61. The Kier molecular flexibility index (Phi) is 30.5. The molecule has 2 aliphatic heterocycles. The minimum Gasteiger partial charge on any atom is -0.508 e. The predicted molar refractivity (Wildman–Crippen MR) is 370 cm³/mol. The van der Waals surface area contributed by atoms with Crippen molar-refractivity contribution in [2.45, 2.75) is 178 Å². The van der Waals surface area contributed by atoms with E-state index in [1.807, 2.05) is 42.5 Å². The summed E-state index contributed by atoms with van der Waals surface area (Å²) >= 11 is 0. The number of carboxylic acids is 1. The molecule has 30 nitrogen and oxygen atoms in total. The number of primary amides is 1. The summed E-state index contributed by atoms with van der Waals surface area (Å²) in [5, 5.41) is 59.0. The Hall–Kier alpha value is -9.81. The van der Waals surface area contributed by atoms with E-state index in [0.717, 1.165) is 42.3 Å². The number of carboxylic acid groups (broad SMARTS) is 1. The Bertz CT molecular complexity index is 3500. The average Bonchev–Trinajstić information content (AvgIpc) is 1.76. The van der Waals surface area contributed by atoms with Gasteiger partial charge in [0.1, 0.15) is 66.2 Å². The molecule has 3 aromatic carbocycles. The van der Waals surface area contributed by atoms with Crippen molar-refractivity contribution in [2.75, 3.05) is 52.5 Å². The van der Waals surface area contributed by atoms with Gasteiger partial charge in [-0.25, -0.2) is 4.79 Å². The molecule has 7 rings (SSSR count). The SMILES string of the molecule is CC(=O)N[C@H](Cc1ccc2ccccc2c1)C(=O)N[C@H](CC1CC1)C(=O)N[C@H](Cc1ccccn1)C(=O)N[C@@H](CO)C(=O)N[C@@H](Cc1ccc(O)cc1)C(=O)N[C@H](CCCNC(N)=O)C(=O)N[C@@H](CC(C)C)C(=O)N[C@@H](CCCCN1CCOCC1)C(=O)N1CCC[C@H]1C(=O)N[C@H](C)C(=O)O. The number of fused-ring (bicyclic) bond motifs is 1. The van der Waals surface area contributed by atoms with E-state index < -0.39 is 138 Å². The number of ether oxygens (including phenoxy) is 1. The van der Waals surface area contributed by atoms with Crippen molar-refractivity contribution < 1.29 is 77.6 Å². The van der Waals surface area contributed by atoms with Crippen LogP contribution >= 0.6 is 0 Å². The number of aliphatic hydroxyl groups is 1. The molecule has 0 radical (unpaired) electrons. The van der Waals surface area contributed by atoms with Gasteiger partial charge >= 0.3 is 12.0 Å². The molecule has 1 aromatic heterocycles. The average molecular weight is 1400 g/mol. The molecular weight excluding hydrogens is 1300 g/mol. The zero-order chi connectivity index (χ0) is 73.1. The number of likely N-dealkylation sites (tertiary alicyclic amines) is 1. The number of rotatable bonds is 39. The number of aliphatic carboxylic acids is 1. The van der Waals surface area contributed by atoms with Gasteiger partial charge in [-0.3, -0.25) is 62.6 Å². The molecule has 12 amide bonds. The zero-order valence-electron chi connectivity index (χ0n) is 57.7. The number of pyridine rings is 1. The Balaban J connectivity index is 1.09. The second kappa shape index (κ2) is 39.3. The van der Waals surface area contributed by atoms with Crippen molar-refractivity contribution in [3.63, 3.8) is 0 Å². The molecule has 3 heterocycles. The second-order valence-electron chi connectivity index (χ2n) is 26.6. The predicted octanol–water partition coefficient (Wildman–Crippen LogP) is 0.236. The Morgan fingerprint density at radius 2 is 1.14 bits per heavy atom. The molecule has 0 bridgehead atoms. The maximum Gasteiger partial charge on any atom is 0.325 e. The fourth-order valence-corrected chi connectivity index (χ4v) is 12.2. The molecule has 2 saturated heterocycles. The van der Waals surface area contributed by atoms with Crippen LogP contribution in [0.15, 0.2) is 91.1 Å². The molecule has 101 heavy (non-hydrogen) atoms. The lowest BCUT2D eigenvalue weighted by atomic mass is 10.00. The number of urea groups is 1. The number of phenols is 1. The number of carbonyl (C=O) groups is 12. The summed E-state index contributed by atoms with van der Waals surface area (Å²) in [6.07, 6.45) is 4.50. The molecule has 0 unspecified atom stereocenters. The number of hydrogen-bond donors (Lipinski definition) is 14. The summed E-state index contributed by atoms with van der Waals surface area (Å²) in [6.45, 7) is 8.49. The van der Waals surface area contributed by atoms with Crippen molar-refractivity contribution in [2.24, 2.45) is 17.6 Å². The third-order valence-electron chi connectivity index (χ3n) is 17.9. The summed E-state index contributed by atoms with van der Waals surface area (Å²) in [7, 11) is 0. The smallest absolute Gasteiger partial charge is 0.325 e. The molecule has 1 aliphatic carbocycles. The Morgan fingerprint density at radius 3 is 1.77 bits per heavy atom. The molecule has 3 aliphatic rings. The molecule has 1 saturated carbocycles. The highest BCUT2D eigenvalue weighted by molar-refractivity contribution is 5.99. The Labute approximate surface area is 586 Å². The van der Waals surface area contributed by atoms with E-state index >= 15 is 0 Å². The van der Waals surface area contributed by atoms with Crippen LogP contribution in [0, 0.1) is 11.8 Å². The first-order valence-electron chi connectivity index (χ1n) is 34.7. The first kappa shape index (κ1) is 78.5. The van der Waals surface area contributed by atoms with Crippen molar-refractivity contribution in [3.8, 4) is 5.75 Å². The van der Waals surface area contributed by atoms with Gasteiger partial charge in [-0.05, 0) is 129 Å². The monoisotopic (exact) mass is 1400 g/mol. The van der Waals surface area contributed by atoms with Crippen LogP contribution in [0.3, 0.4) is 0 Å². The van der Waals surface area contributed by atoms with Crippen LogP contribution in [0.2, 0.25) is 0 Å². The number of benzene rings is 3. The highest BCUT2D eigenvalue weighted by Crippen LogP contribution is 2.34. The first-order valence-corrected chi connectivity index (χ1v) is 34.7. The fraction of sp³-hybridized carbons (Fsp3) is 0.535. The molecule has 4 aromatic rings. The van der Waals surface area contributed by atoms with Crippen LogP contribution < -0.4 is 58.9 Å². The normalized spacial score (nSPS) is 17.2. The van der Waals surface area contributed by atoms with E-state index in [4.69, 9.17) is 10.5 Å². The van der Waals surface area contributed by atoms with E-state index in [1.165, 1.54) is 49.2 Å². The third-order valence-corrected chi connectivity index (χ3v) is 17.9. The summed E-state index contributed by atoms with van der Waals surface area (Å²) in [4.78, 5) is 174. The zero-order valence-corrected chi connectivity index (χ0v) is 57.7. The van der Waals surface area contributed by atoms with Crippen molar-refractivity contribution in [1.82, 2.24) is 68.0 Å². The van der Waals surface area contributed by atoms with Crippen molar-refractivity contribution >= 4 is 81.8 Å². The van der Waals surface area contributed by atoms with Gasteiger partial charge in [-0.15, -0.1) is 0 Å². The standard InChI is InChI=1S/C71H98N14O16/c1-42(2)35-54(62(90)78-53(16-8-10-29-84-31-33-101-34-32-84)69(97)85-30-12-18-60(85)68(96)75-43(3)70(98)99)79-61(89)52(17-11-28-74-71(72)100)77-64(92)56(38-46-22-25-51(88)26-23-46)81-67(95)59(41-86)83-66(94)58(40-50-15-7-9-27-73-50)82-65(93)57(37-45-19-20-45)80-63(91)55(76-44(4)87)39-47-21-24-48-13-5-6-14-49(48)36-47/h5-7,9,13-15,21-27,36,42-43,45,52-60,86,88H,8,10-12,16-20,28-35,37-41H2,1-4H3,(H,75,96)(H,76,87)(H,77,92)(H,78,90)(H,79,89)(H,80,91)(H,81,95)(H,82,93)(H,83,94)(H,98,99)(H3,72,74,100)/t43-,52-,53+,54+,55-,56+,57-,58-,59+,60+/m1/s1. The van der Waals surface area contributed by atoms with Gasteiger partial charge in [0, 0.05) is 64.3 Å². The van der Waals surface area contributed by atoms with Crippen molar-refractivity contribution in [1.29, 1.82) is 0 Å². The number of nitrogens with one attached hydrogen (secondary N) is 10. The number of aromatic hydroxyl groups is 1. The second-order valence-corrected chi connectivity index (χ2v) is 26.6. The number of morpholine rings is 1. The molecule has 3 fully saturated rings. The van der Waals surface area contributed by atoms with Crippen molar-refractivity contribution in [3.05, 3.63) is 108 Å². The molecule has 10 atom stereocenters. The quantitative estimate of drug-likeness (QED) is 0.0266. The van der Waals surface area contributed by atoms with E-state index in [1.54, 1.807) is 32.0 Å². The summed E-state index contributed by atoms with van der Waals surface area (Å²) in [5.74, 6) is -9.44. The summed E-state index contributed by atoms with van der Waals surface area (Å²) in [5.41, 5.74) is 6.83. The number of nitrogens with two attached hydrogens (primary N) is 1. The van der Waals surface area contributed by atoms with Gasteiger partial charge in [-0.2, -0.15) is 0 Å². The van der Waals surface area contributed by atoms with Crippen LogP contribution in [0.25, 0.3) is 10.8 Å². The van der Waals surface area contributed by atoms with Crippen LogP contribution in [0.4, 0.5) is 4.79 Å². The number of amides is 12. The first-order chi connectivity index (χ1) is 48.3. The van der Waals surface area contributed by atoms with Crippen LogP contribution in [-0.4, -0.2) is 214 Å². The van der Waals surface area contributed by atoms with Crippen LogP contribution in [-0.2, 0) is 76.7 Å². The van der Waals surface area contributed by atoms with Gasteiger partial charge in [0.15, 0.2) is 0 Å². The van der Waals surface area contributed by atoms with E-state index in [9.17, 15) is 72.9 Å². The minimum atomic E-state index is -1.81. The largest absolute Gasteiger partial charge is 0.508 e. The number of aromatic nitrogens is 1. The van der Waals surface area contributed by atoms with Crippen LogP contribution in [0.5, 0.6) is 5.75 Å². The molecule has 15 N–H and O–H groups in total. The van der Waals surface area contributed by atoms with Gasteiger partial charge in [-0.1, -0.05) is 87.4 Å². The summed E-state index contributed by atoms with van der Waals surface area (Å²) < 4.78 is 5.49. The van der Waals surface area contributed by atoms with Gasteiger partial charge < -0.3 is 83.9 Å². The van der Waals surface area contributed by atoms with Gasteiger partial charge in [0.2, 0.25) is 59.1 Å². The topological polar surface area (TPSA) is 440 Å². The minimum absolute atomic E-state index is 0.0206. The number of hydrogen-bond acceptors (Lipinski definition) is 17. The third kappa shape index (κ3) is 25.7. The number of phenolic OH excluding ortho intramolecular Hbond substituents is 1. The van der Waals surface area contributed by atoms with E-state index in [-0.39, 0.29) is 88.5 Å². The van der Waals surface area contributed by atoms with E-state index in [2.05, 4.69) is 63.1 Å². The molecule has 30 heteroatoms. The highest BCUT2D eigenvalue weighted by Gasteiger charge is 2.41. The number of carbonyl (C=O) groups excluding carboxylic acids is 11. The fourth-order valence-electron chi connectivity index (χ4n) is 12.2. The van der Waals surface area contributed by atoms with Gasteiger partial charge in [0.25, 0.3) is 0 Å².